The topological polar surface area (TPSA) is 81.3 Å². The van der Waals surface area contributed by atoms with E-state index >= 15 is 0 Å². The number of likely N-dealkylation sites (tertiary alicyclic amines) is 1. The number of benzene rings is 1. The summed E-state index contributed by atoms with van der Waals surface area (Å²) in [4.78, 5) is 24.7. The second kappa shape index (κ2) is 6.20. The van der Waals surface area contributed by atoms with Crippen molar-refractivity contribution in [3.63, 3.8) is 0 Å². The Kier molecular flexibility index (Phi) is 4.10. The van der Waals surface area contributed by atoms with Gasteiger partial charge in [-0.05, 0) is 38.3 Å². The van der Waals surface area contributed by atoms with Crippen LogP contribution in [0.2, 0.25) is 0 Å². The number of hydrogen-bond donors (Lipinski definition) is 0. The molecule has 23 heavy (non-hydrogen) atoms. The van der Waals surface area contributed by atoms with Gasteiger partial charge < -0.3 is 4.90 Å². The van der Waals surface area contributed by atoms with Crippen LogP contribution in [-0.4, -0.2) is 38.6 Å². The van der Waals surface area contributed by atoms with E-state index in [0.717, 1.165) is 31.6 Å². The van der Waals surface area contributed by atoms with E-state index in [9.17, 15) is 14.9 Å². The maximum Gasteiger partial charge on any atom is 0.269 e. The minimum Gasteiger partial charge on any atom is -0.339 e. The lowest BCUT2D eigenvalue weighted by Gasteiger charge is -2.26. The fraction of sp³-hybridized carbons (Fsp3) is 0.375. The van der Waals surface area contributed by atoms with E-state index in [2.05, 4.69) is 5.10 Å². The van der Waals surface area contributed by atoms with Gasteiger partial charge in [-0.15, -0.1) is 0 Å². The molecule has 1 fully saturated rings. The Morgan fingerprint density at radius 1 is 1.17 bits per heavy atom. The summed E-state index contributed by atoms with van der Waals surface area (Å²) in [5.41, 5.74) is 2.06. The third kappa shape index (κ3) is 2.94. The fourth-order valence-corrected chi connectivity index (χ4v) is 2.86. The van der Waals surface area contributed by atoms with Gasteiger partial charge in [0, 0.05) is 25.2 Å². The Hall–Kier alpha value is -2.70. The van der Waals surface area contributed by atoms with Gasteiger partial charge in [-0.3, -0.25) is 14.9 Å². The number of nitro groups is 1. The summed E-state index contributed by atoms with van der Waals surface area (Å²) in [6.45, 7) is 3.42. The molecular weight excluding hydrogens is 296 g/mol. The predicted molar refractivity (Wildman–Crippen MR) is 84.7 cm³/mol. The number of piperidine rings is 1. The Morgan fingerprint density at radius 3 is 2.43 bits per heavy atom. The lowest BCUT2D eigenvalue weighted by Crippen LogP contribution is -2.35. The SMILES string of the molecule is Cc1c(C(=O)N2CCCCC2)cnn1-c1ccc([N+](=O)[O-])cc1. The Morgan fingerprint density at radius 2 is 1.83 bits per heavy atom. The monoisotopic (exact) mass is 314 g/mol. The number of nitro benzene ring substituents is 1. The van der Waals surface area contributed by atoms with Crippen molar-refractivity contribution in [1.82, 2.24) is 14.7 Å². The molecule has 2 heterocycles. The number of hydrogen-bond acceptors (Lipinski definition) is 4. The van der Waals surface area contributed by atoms with Crippen molar-refractivity contribution in [1.29, 1.82) is 0 Å². The van der Waals surface area contributed by atoms with Crippen molar-refractivity contribution in [3.05, 3.63) is 51.8 Å². The molecule has 0 unspecified atom stereocenters. The van der Waals surface area contributed by atoms with Crippen molar-refractivity contribution < 1.29 is 9.72 Å². The average molecular weight is 314 g/mol. The summed E-state index contributed by atoms with van der Waals surface area (Å²) in [7, 11) is 0. The minimum atomic E-state index is -0.439. The molecule has 1 aromatic heterocycles. The molecule has 1 amide bonds. The number of non-ortho nitro benzene ring substituents is 1. The number of rotatable bonds is 3. The molecule has 120 valence electrons. The van der Waals surface area contributed by atoms with Gasteiger partial charge in [0.05, 0.1) is 28.1 Å². The standard InChI is InChI=1S/C16H18N4O3/c1-12-15(16(21)18-9-3-2-4-10-18)11-17-19(12)13-5-7-14(8-6-13)20(22)23/h5-8,11H,2-4,9-10H2,1H3. The van der Waals surface area contributed by atoms with Crippen LogP contribution in [0.4, 0.5) is 5.69 Å². The summed E-state index contributed by atoms with van der Waals surface area (Å²) < 4.78 is 1.64. The van der Waals surface area contributed by atoms with Crippen molar-refractivity contribution in [2.24, 2.45) is 0 Å². The van der Waals surface area contributed by atoms with Gasteiger partial charge in [0.2, 0.25) is 0 Å². The first kappa shape index (κ1) is 15.2. The molecule has 0 atom stereocenters. The fourth-order valence-electron chi connectivity index (χ4n) is 2.86. The van der Waals surface area contributed by atoms with Crippen LogP contribution in [0.5, 0.6) is 0 Å². The van der Waals surface area contributed by atoms with E-state index < -0.39 is 4.92 Å². The molecule has 0 saturated carbocycles. The van der Waals surface area contributed by atoms with Crippen LogP contribution in [0.3, 0.4) is 0 Å². The molecule has 0 radical (unpaired) electrons. The molecule has 2 aromatic rings. The Labute approximate surface area is 133 Å². The van der Waals surface area contributed by atoms with Crippen LogP contribution in [0.1, 0.15) is 35.3 Å². The molecule has 7 heteroatoms. The van der Waals surface area contributed by atoms with Crippen LogP contribution in [-0.2, 0) is 0 Å². The molecule has 1 aliphatic heterocycles. The largest absolute Gasteiger partial charge is 0.339 e. The lowest BCUT2D eigenvalue weighted by atomic mass is 10.1. The molecule has 1 saturated heterocycles. The van der Waals surface area contributed by atoms with E-state index in [0.29, 0.717) is 11.3 Å². The number of amides is 1. The molecule has 0 bridgehead atoms. The van der Waals surface area contributed by atoms with Crippen LogP contribution in [0.15, 0.2) is 30.5 Å². The summed E-state index contributed by atoms with van der Waals surface area (Å²) in [5.74, 6) is 0.00959. The van der Waals surface area contributed by atoms with E-state index in [1.165, 1.54) is 18.6 Å². The second-order valence-corrected chi connectivity index (χ2v) is 5.68. The number of aromatic nitrogens is 2. The Balaban J connectivity index is 1.86. The highest BCUT2D eigenvalue weighted by atomic mass is 16.6. The minimum absolute atomic E-state index is 0.00959. The molecule has 0 spiro atoms. The number of nitrogens with zero attached hydrogens (tertiary/aromatic N) is 4. The maximum absolute atomic E-state index is 12.6. The molecule has 3 rings (SSSR count). The molecule has 7 nitrogen and oxygen atoms in total. The zero-order valence-electron chi connectivity index (χ0n) is 12.9. The van der Waals surface area contributed by atoms with E-state index in [1.807, 2.05) is 11.8 Å². The van der Waals surface area contributed by atoms with Gasteiger partial charge in [-0.25, -0.2) is 4.68 Å². The van der Waals surface area contributed by atoms with Crippen LogP contribution in [0, 0.1) is 17.0 Å². The van der Waals surface area contributed by atoms with E-state index in [4.69, 9.17) is 0 Å². The van der Waals surface area contributed by atoms with Gasteiger partial charge in [0.15, 0.2) is 0 Å². The first-order valence-corrected chi connectivity index (χ1v) is 7.66. The first-order chi connectivity index (χ1) is 11.1. The summed E-state index contributed by atoms with van der Waals surface area (Å²) >= 11 is 0. The zero-order valence-corrected chi connectivity index (χ0v) is 12.9. The quantitative estimate of drug-likeness (QED) is 0.644. The number of carbonyl (C=O) groups is 1. The van der Waals surface area contributed by atoms with Gasteiger partial charge in [-0.1, -0.05) is 0 Å². The molecule has 1 aliphatic rings. The van der Waals surface area contributed by atoms with Crippen molar-refractivity contribution in [2.45, 2.75) is 26.2 Å². The molecule has 1 aromatic carbocycles. The third-order valence-corrected chi connectivity index (χ3v) is 4.19. The van der Waals surface area contributed by atoms with Gasteiger partial charge in [0.1, 0.15) is 0 Å². The molecule has 0 N–H and O–H groups in total. The van der Waals surface area contributed by atoms with Gasteiger partial charge in [0.25, 0.3) is 11.6 Å². The summed E-state index contributed by atoms with van der Waals surface area (Å²) in [6, 6.07) is 6.13. The summed E-state index contributed by atoms with van der Waals surface area (Å²) in [6.07, 6.45) is 4.83. The highest BCUT2D eigenvalue weighted by Gasteiger charge is 2.22. The lowest BCUT2D eigenvalue weighted by molar-refractivity contribution is -0.384. The van der Waals surface area contributed by atoms with Crippen molar-refractivity contribution >= 4 is 11.6 Å². The normalized spacial score (nSPS) is 14.7. The zero-order chi connectivity index (χ0) is 16.4. The van der Waals surface area contributed by atoms with E-state index in [1.54, 1.807) is 23.0 Å². The van der Waals surface area contributed by atoms with Crippen LogP contribution in [0.25, 0.3) is 5.69 Å². The maximum atomic E-state index is 12.6. The molecular formula is C16H18N4O3. The summed E-state index contributed by atoms with van der Waals surface area (Å²) in [5, 5.41) is 15.0. The molecule has 0 aliphatic carbocycles. The van der Waals surface area contributed by atoms with Gasteiger partial charge in [-0.2, -0.15) is 5.10 Å². The smallest absolute Gasteiger partial charge is 0.269 e. The van der Waals surface area contributed by atoms with Crippen LogP contribution >= 0.6 is 0 Å². The average Bonchev–Trinajstić information content (AvgIpc) is 2.96. The number of carbonyl (C=O) groups excluding carboxylic acids is 1. The van der Waals surface area contributed by atoms with Crippen molar-refractivity contribution in [3.8, 4) is 5.69 Å². The van der Waals surface area contributed by atoms with Crippen LogP contribution < -0.4 is 0 Å². The predicted octanol–water partition coefficient (Wildman–Crippen LogP) is 2.72. The second-order valence-electron chi connectivity index (χ2n) is 5.68. The first-order valence-electron chi connectivity index (χ1n) is 7.66. The van der Waals surface area contributed by atoms with E-state index in [-0.39, 0.29) is 11.6 Å². The van der Waals surface area contributed by atoms with Gasteiger partial charge >= 0.3 is 0 Å². The highest BCUT2D eigenvalue weighted by molar-refractivity contribution is 5.95. The highest BCUT2D eigenvalue weighted by Crippen LogP contribution is 2.20. The Bertz CT molecular complexity index is 730. The third-order valence-electron chi connectivity index (χ3n) is 4.19. The van der Waals surface area contributed by atoms with Crippen molar-refractivity contribution in [2.75, 3.05) is 13.1 Å².